The fourth-order valence-corrected chi connectivity index (χ4v) is 1.77. The highest BCUT2D eigenvalue weighted by Gasteiger charge is 2.27. The fraction of sp³-hybridized carbons (Fsp3) is 1.00. The lowest BCUT2D eigenvalue weighted by Crippen LogP contribution is -2.17. The third-order valence-corrected chi connectivity index (χ3v) is 2.92. The Morgan fingerprint density at radius 2 is 1.86 bits per heavy atom. The summed E-state index contributed by atoms with van der Waals surface area (Å²) in [6, 6.07) is 0.708. The van der Waals surface area contributed by atoms with Gasteiger partial charge in [-0.15, -0.1) is 0 Å². The first-order valence-electron chi connectivity index (χ1n) is 5.02. The monoisotopic (exact) mass is 227 g/mol. The van der Waals surface area contributed by atoms with Crippen LogP contribution in [0.3, 0.4) is 0 Å². The number of hydrogen-bond donors (Lipinski definition) is 1. The first kappa shape index (κ1) is 12.2. The Morgan fingerprint density at radius 1 is 1.14 bits per heavy atom. The van der Waals surface area contributed by atoms with E-state index in [1.54, 1.807) is 0 Å². The van der Waals surface area contributed by atoms with Crippen molar-refractivity contribution < 1.29 is 13.2 Å². The summed E-state index contributed by atoms with van der Waals surface area (Å²) in [6.07, 6.45) is 5.09. The Kier molecular flexibility index (Phi) is 5.09. The van der Waals surface area contributed by atoms with Gasteiger partial charge < -0.3 is 5.32 Å². The van der Waals surface area contributed by atoms with Gasteiger partial charge in [0.2, 0.25) is 0 Å². The average Bonchev–Trinajstić information content (AvgIpc) is 2.84. The fourth-order valence-electron chi connectivity index (χ4n) is 1.19. The second-order valence-electron chi connectivity index (χ2n) is 3.58. The molecule has 0 aliphatic heterocycles. The maximum atomic E-state index is 11.7. The van der Waals surface area contributed by atoms with Gasteiger partial charge in [-0.2, -0.15) is 13.2 Å². The van der Waals surface area contributed by atoms with Gasteiger partial charge in [0.25, 0.3) is 0 Å². The molecule has 1 aliphatic rings. The molecule has 1 rings (SSSR count). The van der Waals surface area contributed by atoms with Gasteiger partial charge in [0.15, 0.2) is 0 Å². The predicted molar refractivity (Wildman–Crippen MR) is 53.4 cm³/mol. The molecular weight excluding hydrogens is 211 g/mol. The van der Waals surface area contributed by atoms with Crippen molar-refractivity contribution in [1.82, 2.24) is 5.32 Å². The minimum Gasteiger partial charge on any atom is -0.314 e. The summed E-state index contributed by atoms with van der Waals surface area (Å²) in [6.45, 7) is 0.960. The maximum absolute atomic E-state index is 11.7. The highest BCUT2D eigenvalue weighted by molar-refractivity contribution is 8.00. The molecule has 0 aromatic rings. The molecule has 1 aliphatic carbocycles. The van der Waals surface area contributed by atoms with Crippen LogP contribution in [0.2, 0.25) is 0 Å². The molecule has 84 valence electrons. The van der Waals surface area contributed by atoms with Crippen LogP contribution < -0.4 is 5.32 Å². The molecule has 0 saturated heterocycles. The molecule has 5 heteroatoms. The smallest absolute Gasteiger partial charge is 0.314 e. The van der Waals surface area contributed by atoms with Crippen LogP contribution in [-0.2, 0) is 0 Å². The molecule has 1 nitrogen and oxygen atoms in total. The highest BCUT2D eigenvalue weighted by Crippen LogP contribution is 2.30. The lowest BCUT2D eigenvalue weighted by Gasteiger charge is -2.05. The Morgan fingerprint density at radius 3 is 2.43 bits per heavy atom. The number of thioether (sulfide) groups is 1. The first-order chi connectivity index (χ1) is 6.58. The zero-order valence-electron chi connectivity index (χ0n) is 8.07. The van der Waals surface area contributed by atoms with Gasteiger partial charge in [-0.1, -0.05) is 18.2 Å². The Balaban J connectivity index is 1.75. The number of alkyl halides is 3. The van der Waals surface area contributed by atoms with Crippen LogP contribution in [0.5, 0.6) is 0 Å². The Hall–Kier alpha value is 0.1000. The van der Waals surface area contributed by atoms with E-state index in [0.717, 1.165) is 19.4 Å². The minimum atomic E-state index is -4.05. The molecule has 1 N–H and O–H groups in total. The number of nitrogens with one attached hydrogen (secondary N) is 1. The number of halogens is 3. The summed E-state index contributed by atoms with van der Waals surface area (Å²) in [5.74, 6) is 0.201. The van der Waals surface area contributed by atoms with Crippen LogP contribution in [0.25, 0.3) is 0 Å². The van der Waals surface area contributed by atoms with Crippen LogP contribution in [0.1, 0.15) is 32.1 Å². The van der Waals surface area contributed by atoms with Gasteiger partial charge in [-0.25, -0.2) is 0 Å². The zero-order valence-corrected chi connectivity index (χ0v) is 8.89. The minimum absolute atomic E-state index is 0.0898. The average molecular weight is 227 g/mol. The predicted octanol–water partition coefficient (Wildman–Crippen LogP) is 3.16. The summed E-state index contributed by atoms with van der Waals surface area (Å²) in [7, 11) is 0. The van der Waals surface area contributed by atoms with E-state index in [2.05, 4.69) is 5.32 Å². The lowest BCUT2D eigenvalue weighted by molar-refractivity contribution is -0.0328. The van der Waals surface area contributed by atoms with E-state index in [1.807, 2.05) is 0 Å². The van der Waals surface area contributed by atoms with Crippen molar-refractivity contribution >= 4 is 11.8 Å². The molecule has 0 unspecified atom stereocenters. The molecule has 0 aromatic carbocycles. The first-order valence-corrected chi connectivity index (χ1v) is 6.00. The largest absolute Gasteiger partial charge is 0.441 e. The summed E-state index contributed by atoms with van der Waals surface area (Å²) in [4.78, 5) is 0. The van der Waals surface area contributed by atoms with Gasteiger partial charge in [0.1, 0.15) is 0 Å². The Bertz CT molecular complexity index is 157. The quantitative estimate of drug-likeness (QED) is 0.670. The third-order valence-electron chi connectivity index (χ3n) is 2.10. The molecular formula is C9H16F3NS. The molecule has 0 atom stereocenters. The van der Waals surface area contributed by atoms with Crippen molar-refractivity contribution in [3.8, 4) is 0 Å². The van der Waals surface area contributed by atoms with Crippen molar-refractivity contribution in [3.05, 3.63) is 0 Å². The second kappa shape index (κ2) is 5.85. The van der Waals surface area contributed by atoms with Crippen LogP contribution in [0, 0.1) is 0 Å². The van der Waals surface area contributed by atoms with E-state index in [9.17, 15) is 13.2 Å². The molecule has 0 heterocycles. The lowest BCUT2D eigenvalue weighted by atomic mass is 10.2. The molecule has 0 bridgehead atoms. The molecule has 0 spiro atoms. The van der Waals surface area contributed by atoms with Crippen molar-refractivity contribution in [2.24, 2.45) is 0 Å². The van der Waals surface area contributed by atoms with Gasteiger partial charge >= 0.3 is 5.51 Å². The maximum Gasteiger partial charge on any atom is 0.441 e. The van der Waals surface area contributed by atoms with E-state index < -0.39 is 5.51 Å². The van der Waals surface area contributed by atoms with Gasteiger partial charge in [0, 0.05) is 11.8 Å². The van der Waals surface area contributed by atoms with Crippen molar-refractivity contribution in [3.63, 3.8) is 0 Å². The molecule has 1 fully saturated rings. The number of hydrogen-bond acceptors (Lipinski definition) is 2. The topological polar surface area (TPSA) is 12.0 Å². The van der Waals surface area contributed by atoms with Crippen molar-refractivity contribution in [2.75, 3.05) is 12.3 Å². The molecule has 0 aromatic heterocycles. The van der Waals surface area contributed by atoms with E-state index in [1.165, 1.54) is 12.8 Å². The van der Waals surface area contributed by atoms with Crippen molar-refractivity contribution in [1.29, 1.82) is 0 Å². The third kappa shape index (κ3) is 7.50. The molecule has 0 radical (unpaired) electrons. The van der Waals surface area contributed by atoms with Gasteiger partial charge in [-0.05, 0) is 32.2 Å². The van der Waals surface area contributed by atoms with Crippen LogP contribution in [0.15, 0.2) is 0 Å². The van der Waals surface area contributed by atoms with Gasteiger partial charge in [0.05, 0.1) is 0 Å². The van der Waals surface area contributed by atoms with Crippen LogP contribution in [0.4, 0.5) is 13.2 Å². The summed E-state index contributed by atoms with van der Waals surface area (Å²) in [5, 5.41) is 3.33. The summed E-state index contributed by atoms with van der Waals surface area (Å²) in [5.41, 5.74) is -4.05. The summed E-state index contributed by atoms with van der Waals surface area (Å²) >= 11 is 0.0898. The molecule has 1 saturated carbocycles. The zero-order chi connectivity index (χ0) is 10.4. The van der Waals surface area contributed by atoms with E-state index in [0.29, 0.717) is 12.5 Å². The SMILES string of the molecule is FC(F)(F)SCCCCCNC1CC1. The van der Waals surface area contributed by atoms with E-state index in [-0.39, 0.29) is 17.5 Å². The molecule has 0 amide bonds. The summed E-state index contributed by atoms with van der Waals surface area (Å²) < 4.78 is 35.1. The highest BCUT2D eigenvalue weighted by atomic mass is 32.2. The second-order valence-corrected chi connectivity index (χ2v) is 4.74. The Labute approximate surface area is 86.8 Å². The van der Waals surface area contributed by atoms with E-state index >= 15 is 0 Å². The number of unbranched alkanes of at least 4 members (excludes halogenated alkanes) is 2. The van der Waals surface area contributed by atoms with Crippen LogP contribution >= 0.6 is 11.8 Å². The normalized spacial score (nSPS) is 17.4. The molecule has 14 heavy (non-hydrogen) atoms. The van der Waals surface area contributed by atoms with Crippen molar-refractivity contribution in [2.45, 2.75) is 43.7 Å². The van der Waals surface area contributed by atoms with Gasteiger partial charge in [-0.3, -0.25) is 0 Å². The standard InChI is InChI=1S/C9H16F3NS/c10-9(11,12)14-7-3-1-2-6-13-8-4-5-8/h8,13H,1-7H2. The van der Waals surface area contributed by atoms with E-state index in [4.69, 9.17) is 0 Å². The number of rotatable bonds is 7. The van der Waals surface area contributed by atoms with Crippen LogP contribution in [-0.4, -0.2) is 23.8 Å².